The summed E-state index contributed by atoms with van der Waals surface area (Å²) in [6, 6.07) is 6.03. The predicted molar refractivity (Wildman–Crippen MR) is 110 cm³/mol. The highest BCUT2D eigenvalue weighted by molar-refractivity contribution is 6.30. The fourth-order valence-corrected chi connectivity index (χ4v) is 3.19. The molecule has 0 radical (unpaired) electrons. The number of ether oxygens (including phenoxy) is 3. The highest BCUT2D eigenvalue weighted by Crippen LogP contribution is 2.33. The van der Waals surface area contributed by atoms with Crippen LogP contribution in [0.4, 0.5) is 5.69 Å². The van der Waals surface area contributed by atoms with Crippen molar-refractivity contribution in [2.24, 2.45) is 4.99 Å². The Morgan fingerprint density at radius 3 is 2.89 bits per heavy atom. The van der Waals surface area contributed by atoms with Crippen molar-refractivity contribution in [1.82, 2.24) is 10.6 Å². The van der Waals surface area contributed by atoms with Crippen LogP contribution in [0.3, 0.4) is 0 Å². The van der Waals surface area contributed by atoms with E-state index in [0.29, 0.717) is 30.9 Å². The molecular formula is C19H31ClN4O3. The van der Waals surface area contributed by atoms with Gasteiger partial charge < -0.3 is 29.7 Å². The molecule has 0 aliphatic carbocycles. The van der Waals surface area contributed by atoms with Gasteiger partial charge in [0, 0.05) is 51.5 Å². The first kappa shape index (κ1) is 21.6. The summed E-state index contributed by atoms with van der Waals surface area (Å²) in [6.45, 7) is 4.60. The van der Waals surface area contributed by atoms with Crippen molar-refractivity contribution >= 4 is 23.2 Å². The maximum Gasteiger partial charge on any atom is 0.191 e. The summed E-state index contributed by atoms with van der Waals surface area (Å²) >= 11 is 6.16. The lowest BCUT2D eigenvalue weighted by atomic mass is 10.2. The summed E-state index contributed by atoms with van der Waals surface area (Å²) < 4.78 is 15.9. The quantitative estimate of drug-likeness (QED) is 0.357. The Labute approximate surface area is 167 Å². The van der Waals surface area contributed by atoms with E-state index in [1.54, 1.807) is 21.3 Å². The van der Waals surface area contributed by atoms with Crippen LogP contribution < -0.4 is 20.3 Å². The van der Waals surface area contributed by atoms with Gasteiger partial charge in [0.25, 0.3) is 0 Å². The Kier molecular flexibility index (Phi) is 9.52. The van der Waals surface area contributed by atoms with Gasteiger partial charge in [-0.05, 0) is 31.0 Å². The molecule has 27 heavy (non-hydrogen) atoms. The second-order valence-corrected chi connectivity index (χ2v) is 6.79. The zero-order valence-electron chi connectivity index (χ0n) is 16.5. The molecule has 152 valence electrons. The van der Waals surface area contributed by atoms with Crippen LogP contribution in [0.5, 0.6) is 5.75 Å². The van der Waals surface area contributed by atoms with Crippen LogP contribution in [0.1, 0.15) is 12.8 Å². The normalized spacial score (nSPS) is 17.3. The summed E-state index contributed by atoms with van der Waals surface area (Å²) in [7, 11) is 5.15. The summed E-state index contributed by atoms with van der Waals surface area (Å²) in [5, 5.41) is 7.54. The van der Waals surface area contributed by atoms with Crippen LogP contribution in [0.2, 0.25) is 5.02 Å². The number of rotatable bonds is 10. The molecule has 1 saturated heterocycles. The van der Waals surface area contributed by atoms with Gasteiger partial charge in [0.2, 0.25) is 0 Å². The largest absolute Gasteiger partial charge is 0.495 e. The molecule has 1 aromatic carbocycles. The van der Waals surface area contributed by atoms with E-state index in [-0.39, 0.29) is 0 Å². The molecule has 8 heteroatoms. The van der Waals surface area contributed by atoms with Crippen LogP contribution in [-0.4, -0.2) is 72.7 Å². The zero-order valence-corrected chi connectivity index (χ0v) is 17.2. The monoisotopic (exact) mass is 398 g/mol. The Morgan fingerprint density at radius 2 is 2.15 bits per heavy atom. The van der Waals surface area contributed by atoms with Crippen LogP contribution >= 0.6 is 11.6 Å². The molecule has 1 heterocycles. The number of benzene rings is 1. The second-order valence-electron chi connectivity index (χ2n) is 6.35. The lowest BCUT2D eigenvalue weighted by Crippen LogP contribution is -2.45. The maximum absolute atomic E-state index is 6.16. The lowest BCUT2D eigenvalue weighted by Gasteiger charge is -2.22. The Balaban J connectivity index is 1.75. The Bertz CT molecular complexity index is 600. The van der Waals surface area contributed by atoms with Gasteiger partial charge in [-0.15, -0.1) is 0 Å². The molecule has 0 aromatic heterocycles. The van der Waals surface area contributed by atoms with Gasteiger partial charge in [-0.3, -0.25) is 4.99 Å². The van der Waals surface area contributed by atoms with E-state index in [9.17, 15) is 0 Å². The van der Waals surface area contributed by atoms with Crippen LogP contribution in [-0.2, 0) is 9.47 Å². The molecule has 0 bridgehead atoms. The van der Waals surface area contributed by atoms with Crippen molar-refractivity contribution < 1.29 is 14.2 Å². The number of methoxy groups -OCH3 is 2. The average Bonchev–Trinajstić information content (AvgIpc) is 3.14. The average molecular weight is 399 g/mol. The first-order valence-electron chi connectivity index (χ1n) is 9.30. The topological polar surface area (TPSA) is 67.4 Å². The van der Waals surface area contributed by atoms with E-state index >= 15 is 0 Å². The zero-order chi connectivity index (χ0) is 19.5. The van der Waals surface area contributed by atoms with Gasteiger partial charge in [0.15, 0.2) is 5.96 Å². The van der Waals surface area contributed by atoms with E-state index in [1.165, 1.54) is 0 Å². The summed E-state index contributed by atoms with van der Waals surface area (Å²) in [4.78, 5) is 6.60. The summed E-state index contributed by atoms with van der Waals surface area (Å²) in [5.41, 5.74) is 1.03. The number of hydrogen-bond acceptors (Lipinski definition) is 5. The molecular weight excluding hydrogens is 368 g/mol. The van der Waals surface area contributed by atoms with Gasteiger partial charge in [-0.25, -0.2) is 0 Å². The summed E-state index contributed by atoms with van der Waals surface area (Å²) in [6.07, 6.45) is 1.94. The molecule has 0 amide bonds. The van der Waals surface area contributed by atoms with Gasteiger partial charge in [-0.2, -0.15) is 0 Å². The molecule has 0 saturated carbocycles. The fraction of sp³-hybridized carbons (Fsp3) is 0.632. The number of hydrogen-bond donors (Lipinski definition) is 2. The molecule has 1 unspecified atom stereocenters. The minimum absolute atomic E-state index is 0.317. The third-order valence-electron chi connectivity index (χ3n) is 4.42. The number of halogens is 1. The number of guanidine groups is 1. The van der Waals surface area contributed by atoms with Crippen molar-refractivity contribution in [1.29, 1.82) is 0 Å². The number of nitrogens with one attached hydrogen (secondary N) is 2. The van der Waals surface area contributed by atoms with Crippen molar-refractivity contribution in [3.8, 4) is 5.75 Å². The molecule has 1 atom stereocenters. The van der Waals surface area contributed by atoms with E-state index in [0.717, 1.165) is 49.9 Å². The highest BCUT2D eigenvalue weighted by Gasteiger charge is 2.25. The van der Waals surface area contributed by atoms with E-state index in [1.807, 2.05) is 18.2 Å². The van der Waals surface area contributed by atoms with E-state index in [2.05, 4.69) is 20.5 Å². The number of anilines is 1. The molecule has 1 aliphatic rings. The van der Waals surface area contributed by atoms with Crippen LogP contribution in [0.15, 0.2) is 23.2 Å². The van der Waals surface area contributed by atoms with Crippen molar-refractivity contribution in [3.63, 3.8) is 0 Å². The second kappa shape index (κ2) is 11.9. The van der Waals surface area contributed by atoms with Gasteiger partial charge in [-0.1, -0.05) is 11.6 Å². The predicted octanol–water partition coefficient (Wildman–Crippen LogP) is 2.15. The lowest BCUT2D eigenvalue weighted by molar-refractivity contribution is 0.0698. The third kappa shape index (κ3) is 7.08. The van der Waals surface area contributed by atoms with E-state index < -0.39 is 0 Å². The first-order valence-corrected chi connectivity index (χ1v) is 9.68. The van der Waals surface area contributed by atoms with Crippen molar-refractivity contribution in [2.75, 3.05) is 65.6 Å². The number of nitrogens with zero attached hydrogens (tertiary/aromatic N) is 2. The Morgan fingerprint density at radius 1 is 1.30 bits per heavy atom. The standard InChI is InChI=1S/C19H31ClN4O3/c1-21-19(22-8-4-10-27-12-11-25-2)23-16-7-9-24(14-16)17-13-15(20)5-6-18(17)26-3/h5-6,13,16H,4,7-12,14H2,1-3H3,(H2,21,22,23). The molecule has 1 fully saturated rings. The van der Waals surface area contributed by atoms with Crippen LogP contribution in [0, 0.1) is 0 Å². The van der Waals surface area contributed by atoms with Gasteiger partial charge in [0.05, 0.1) is 26.0 Å². The maximum atomic E-state index is 6.16. The third-order valence-corrected chi connectivity index (χ3v) is 4.66. The van der Waals surface area contributed by atoms with Crippen LogP contribution in [0.25, 0.3) is 0 Å². The molecule has 1 aromatic rings. The molecule has 0 spiro atoms. The molecule has 2 rings (SSSR count). The molecule has 7 nitrogen and oxygen atoms in total. The minimum atomic E-state index is 0.317. The summed E-state index contributed by atoms with van der Waals surface area (Å²) in [5.74, 6) is 1.66. The highest BCUT2D eigenvalue weighted by atomic mass is 35.5. The first-order chi connectivity index (χ1) is 13.2. The Hall–Kier alpha value is -1.70. The minimum Gasteiger partial charge on any atom is -0.495 e. The molecule has 1 aliphatic heterocycles. The van der Waals surface area contributed by atoms with Crippen molar-refractivity contribution in [2.45, 2.75) is 18.9 Å². The number of aliphatic imine (C=N–C) groups is 1. The fourth-order valence-electron chi connectivity index (χ4n) is 3.02. The smallest absolute Gasteiger partial charge is 0.191 e. The SMILES string of the molecule is CN=C(NCCCOCCOC)NC1CCN(c2cc(Cl)ccc2OC)C1. The van der Waals surface area contributed by atoms with Gasteiger partial charge in [0.1, 0.15) is 5.75 Å². The molecule has 2 N–H and O–H groups in total. The van der Waals surface area contributed by atoms with Crippen molar-refractivity contribution in [3.05, 3.63) is 23.2 Å². The van der Waals surface area contributed by atoms with Gasteiger partial charge >= 0.3 is 0 Å². The van der Waals surface area contributed by atoms with E-state index in [4.69, 9.17) is 25.8 Å².